The molecule has 2 rings (SSSR count). The molecule has 2 aromatic carbocycles. The van der Waals surface area contributed by atoms with Gasteiger partial charge >= 0.3 is 0 Å². The Morgan fingerprint density at radius 1 is 0.931 bits per heavy atom. The van der Waals surface area contributed by atoms with Crippen LogP contribution in [0.3, 0.4) is 0 Å². The Hall–Kier alpha value is -3.35. The number of benzene rings is 2. The maximum absolute atomic E-state index is 13.2. The number of ketones is 1. The van der Waals surface area contributed by atoms with Gasteiger partial charge in [-0.2, -0.15) is 0 Å². The van der Waals surface area contributed by atoms with Crippen LogP contribution in [0.25, 0.3) is 6.08 Å². The van der Waals surface area contributed by atoms with E-state index in [1.165, 1.54) is 34.5 Å². The zero-order valence-corrected chi connectivity index (χ0v) is 17.3. The first kappa shape index (κ1) is 21.9. The highest BCUT2D eigenvalue weighted by atomic mass is 16.5. The second-order valence-corrected chi connectivity index (χ2v) is 6.03. The summed E-state index contributed by atoms with van der Waals surface area (Å²) in [5, 5.41) is 10.0. The Morgan fingerprint density at radius 3 is 2.03 bits per heavy atom. The van der Waals surface area contributed by atoms with E-state index in [4.69, 9.17) is 23.7 Å². The summed E-state index contributed by atoms with van der Waals surface area (Å²) in [6.07, 6.45) is 2.30. The van der Waals surface area contributed by atoms with Crippen molar-refractivity contribution in [3.8, 4) is 28.7 Å². The lowest BCUT2D eigenvalue weighted by Crippen LogP contribution is -2.09. The number of aromatic hydroxyl groups is 1. The normalized spacial score (nSPS) is 11.0. The molecule has 0 spiro atoms. The zero-order chi connectivity index (χ0) is 21.4. The van der Waals surface area contributed by atoms with Gasteiger partial charge in [-0.05, 0) is 42.3 Å². The average molecular weight is 402 g/mol. The first-order valence-electron chi connectivity index (χ1n) is 9.05. The van der Waals surface area contributed by atoms with Crippen LogP contribution in [-0.2, 0) is 4.74 Å². The number of allylic oxidation sites excluding steroid dienone is 1. The van der Waals surface area contributed by atoms with E-state index in [9.17, 15) is 9.90 Å². The number of methoxy groups -OCH3 is 4. The van der Waals surface area contributed by atoms with E-state index in [0.717, 1.165) is 6.42 Å². The molecule has 1 N–H and O–H groups in total. The van der Waals surface area contributed by atoms with Crippen LogP contribution in [0.4, 0.5) is 0 Å². The molecule has 0 aromatic heterocycles. The minimum Gasteiger partial charge on any atom is -0.504 e. The number of carbonyl (C=O) groups excluding carboxylic acids is 1. The Morgan fingerprint density at radius 2 is 1.55 bits per heavy atom. The molecule has 0 unspecified atom stereocenters. The van der Waals surface area contributed by atoms with Crippen LogP contribution in [0.15, 0.2) is 36.1 Å². The van der Waals surface area contributed by atoms with Gasteiger partial charge in [-0.15, -0.1) is 0 Å². The van der Waals surface area contributed by atoms with Crippen molar-refractivity contribution >= 4 is 11.9 Å². The van der Waals surface area contributed by atoms with Crippen LogP contribution in [0, 0.1) is 0 Å². The summed E-state index contributed by atoms with van der Waals surface area (Å²) in [6.45, 7) is 2.31. The van der Waals surface area contributed by atoms with Gasteiger partial charge in [0.25, 0.3) is 0 Å². The molecule has 29 heavy (non-hydrogen) atoms. The van der Waals surface area contributed by atoms with Crippen LogP contribution in [0.5, 0.6) is 28.7 Å². The third-order valence-corrected chi connectivity index (χ3v) is 4.11. The molecular weight excluding hydrogens is 376 g/mol. The summed E-state index contributed by atoms with van der Waals surface area (Å²) in [5.74, 6) is 1.22. The lowest BCUT2D eigenvalue weighted by atomic mass is 10.1. The van der Waals surface area contributed by atoms with Crippen molar-refractivity contribution in [1.29, 1.82) is 0 Å². The molecule has 0 aliphatic heterocycles. The topological polar surface area (TPSA) is 83.5 Å². The number of Topliss-reactive ketones (excluding diaryl/α,β-unsaturated/α-hetero) is 1. The van der Waals surface area contributed by atoms with E-state index in [1.54, 1.807) is 30.3 Å². The Balaban J connectivity index is 2.49. The SMILES string of the molecule is CCCO/C(=C\c1ccc(OC)c(O)c1)C(=O)c1cc(OC)c(OC)c(OC)c1. The van der Waals surface area contributed by atoms with Crippen molar-refractivity contribution in [2.45, 2.75) is 13.3 Å². The van der Waals surface area contributed by atoms with Crippen LogP contribution >= 0.6 is 0 Å². The molecule has 0 amide bonds. The standard InChI is InChI=1S/C22H26O7/c1-6-9-29-18(11-14-7-8-17(25-2)16(23)10-14)21(24)15-12-19(26-3)22(28-5)20(13-15)27-4/h7-8,10-13,23H,6,9H2,1-5H3/b18-11-. The fourth-order valence-electron chi connectivity index (χ4n) is 2.69. The fourth-order valence-corrected chi connectivity index (χ4v) is 2.69. The number of phenols is 1. The third-order valence-electron chi connectivity index (χ3n) is 4.11. The second kappa shape index (κ2) is 10.3. The van der Waals surface area contributed by atoms with Crippen molar-refractivity contribution in [3.63, 3.8) is 0 Å². The number of hydrogen-bond acceptors (Lipinski definition) is 7. The van der Waals surface area contributed by atoms with E-state index in [1.807, 2.05) is 6.92 Å². The molecule has 0 atom stereocenters. The summed E-state index contributed by atoms with van der Waals surface area (Å²) in [4.78, 5) is 13.2. The second-order valence-electron chi connectivity index (χ2n) is 6.03. The molecular formula is C22H26O7. The smallest absolute Gasteiger partial charge is 0.227 e. The molecule has 7 heteroatoms. The van der Waals surface area contributed by atoms with Gasteiger partial charge in [-0.25, -0.2) is 0 Å². The highest BCUT2D eigenvalue weighted by Crippen LogP contribution is 2.39. The number of ether oxygens (including phenoxy) is 5. The first-order chi connectivity index (χ1) is 14.0. The quantitative estimate of drug-likeness (QED) is 0.364. The summed E-state index contributed by atoms with van der Waals surface area (Å²) >= 11 is 0. The molecule has 0 radical (unpaired) electrons. The van der Waals surface area contributed by atoms with Gasteiger partial charge < -0.3 is 28.8 Å². The van der Waals surface area contributed by atoms with Gasteiger partial charge in [-0.1, -0.05) is 13.0 Å². The van der Waals surface area contributed by atoms with Crippen LogP contribution in [0.2, 0.25) is 0 Å². The molecule has 0 heterocycles. The van der Waals surface area contributed by atoms with Crippen LogP contribution in [0.1, 0.15) is 29.3 Å². The monoisotopic (exact) mass is 402 g/mol. The molecule has 0 aliphatic rings. The Labute approximate surface area is 170 Å². The molecule has 7 nitrogen and oxygen atoms in total. The van der Waals surface area contributed by atoms with Gasteiger partial charge in [-0.3, -0.25) is 4.79 Å². The molecule has 2 aromatic rings. The van der Waals surface area contributed by atoms with Gasteiger partial charge in [0.05, 0.1) is 35.0 Å². The summed E-state index contributed by atoms with van der Waals surface area (Å²) in [5.41, 5.74) is 0.912. The van der Waals surface area contributed by atoms with E-state index < -0.39 is 0 Å². The lowest BCUT2D eigenvalue weighted by molar-refractivity contribution is 0.0922. The molecule has 0 aliphatic carbocycles. The van der Waals surface area contributed by atoms with E-state index in [0.29, 0.717) is 40.7 Å². The molecule has 0 saturated heterocycles. The van der Waals surface area contributed by atoms with Crippen molar-refractivity contribution in [2.75, 3.05) is 35.0 Å². The largest absolute Gasteiger partial charge is 0.504 e. The Bertz CT molecular complexity index is 862. The van der Waals surface area contributed by atoms with Gasteiger partial charge in [0.15, 0.2) is 28.8 Å². The van der Waals surface area contributed by atoms with Crippen molar-refractivity contribution in [2.24, 2.45) is 0 Å². The van der Waals surface area contributed by atoms with Crippen molar-refractivity contribution < 1.29 is 33.6 Å². The minimum absolute atomic E-state index is 0.0312. The maximum atomic E-state index is 13.2. The lowest BCUT2D eigenvalue weighted by Gasteiger charge is -2.15. The predicted octanol–water partition coefficient (Wildman–Crippen LogP) is 4.08. The number of phenolic OH excluding ortho intramolecular Hbond substituents is 1. The van der Waals surface area contributed by atoms with Gasteiger partial charge in [0.1, 0.15) is 0 Å². The highest BCUT2D eigenvalue weighted by molar-refractivity contribution is 6.10. The van der Waals surface area contributed by atoms with Gasteiger partial charge in [0, 0.05) is 5.56 Å². The maximum Gasteiger partial charge on any atom is 0.227 e. The first-order valence-corrected chi connectivity index (χ1v) is 9.05. The zero-order valence-electron chi connectivity index (χ0n) is 17.3. The van der Waals surface area contributed by atoms with E-state index in [-0.39, 0.29) is 17.3 Å². The van der Waals surface area contributed by atoms with E-state index in [2.05, 4.69) is 0 Å². The fraction of sp³-hybridized carbons (Fsp3) is 0.318. The molecule has 156 valence electrons. The number of carbonyl (C=O) groups is 1. The average Bonchev–Trinajstić information content (AvgIpc) is 2.74. The molecule has 0 saturated carbocycles. The number of rotatable bonds is 10. The molecule has 0 bridgehead atoms. The summed E-state index contributed by atoms with van der Waals surface area (Å²) in [7, 11) is 5.92. The Kier molecular flexibility index (Phi) is 7.77. The molecule has 0 fully saturated rings. The highest BCUT2D eigenvalue weighted by Gasteiger charge is 2.21. The summed E-state index contributed by atoms with van der Waals surface area (Å²) in [6, 6.07) is 7.96. The van der Waals surface area contributed by atoms with E-state index >= 15 is 0 Å². The van der Waals surface area contributed by atoms with Crippen molar-refractivity contribution in [1.82, 2.24) is 0 Å². The third kappa shape index (κ3) is 5.13. The minimum atomic E-state index is -0.354. The van der Waals surface area contributed by atoms with Crippen LogP contribution < -0.4 is 18.9 Å². The van der Waals surface area contributed by atoms with Crippen LogP contribution in [-0.4, -0.2) is 45.9 Å². The predicted molar refractivity (Wildman–Crippen MR) is 109 cm³/mol. The number of hydrogen-bond donors (Lipinski definition) is 1. The summed E-state index contributed by atoms with van der Waals surface area (Å²) < 4.78 is 26.7. The van der Waals surface area contributed by atoms with Crippen molar-refractivity contribution in [3.05, 3.63) is 47.2 Å². The van der Waals surface area contributed by atoms with Gasteiger partial charge in [0.2, 0.25) is 11.5 Å².